The summed E-state index contributed by atoms with van der Waals surface area (Å²) in [7, 11) is 1.60. The van der Waals surface area contributed by atoms with Crippen LogP contribution in [-0.2, 0) is 4.74 Å². The van der Waals surface area contributed by atoms with Crippen LogP contribution in [0.25, 0.3) is 11.3 Å². The topological polar surface area (TPSA) is 79.7 Å². The van der Waals surface area contributed by atoms with Crippen molar-refractivity contribution in [2.24, 2.45) is 0 Å². The maximum Gasteiger partial charge on any atom is 0.169 e. The molecule has 2 aromatic rings. The van der Waals surface area contributed by atoms with Gasteiger partial charge in [-0.1, -0.05) is 5.16 Å². The Balaban J connectivity index is 1.85. The van der Waals surface area contributed by atoms with Gasteiger partial charge in [0.2, 0.25) is 0 Å². The van der Waals surface area contributed by atoms with Crippen LogP contribution in [0.3, 0.4) is 0 Å². The molecule has 1 aliphatic rings. The minimum atomic E-state index is 0.0793. The molecule has 106 valence electrons. The lowest BCUT2D eigenvalue weighted by Crippen LogP contribution is -2.16. The van der Waals surface area contributed by atoms with E-state index < -0.39 is 0 Å². The number of anilines is 1. The fraction of sp³-hybridized carbons (Fsp3) is 0.357. The van der Waals surface area contributed by atoms with Crippen LogP contribution >= 0.6 is 0 Å². The van der Waals surface area contributed by atoms with Crippen molar-refractivity contribution in [1.82, 2.24) is 5.16 Å². The normalized spacial score (nSPS) is 18.1. The van der Waals surface area contributed by atoms with Gasteiger partial charge in [0.25, 0.3) is 0 Å². The largest absolute Gasteiger partial charge is 0.493 e. The summed E-state index contributed by atoms with van der Waals surface area (Å²) in [5.74, 6) is 2.28. The molecular formula is C14H16N2O4. The van der Waals surface area contributed by atoms with Gasteiger partial charge in [-0.2, -0.15) is 0 Å². The quantitative estimate of drug-likeness (QED) is 0.921. The maximum atomic E-state index is 5.87. The summed E-state index contributed by atoms with van der Waals surface area (Å²) in [5.41, 5.74) is 6.38. The predicted octanol–water partition coefficient (Wildman–Crippen LogP) is 2.10. The van der Waals surface area contributed by atoms with Crippen LogP contribution in [0.2, 0.25) is 0 Å². The van der Waals surface area contributed by atoms with E-state index in [4.69, 9.17) is 24.5 Å². The van der Waals surface area contributed by atoms with Crippen molar-refractivity contribution in [3.05, 3.63) is 24.3 Å². The standard InChI is InChI=1S/C14H16N2O4/c1-17-13-6-9(12-7-14(15)16-20-12)2-3-11(13)19-10-4-5-18-8-10/h2-3,6-7,10H,4-5,8H2,1H3,(H2,15,16). The molecular weight excluding hydrogens is 260 g/mol. The van der Waals surface area contributed by atoms with Crippen molar-refractivity contribution >= 4 is 5.82 Å². The monoisotopic (exact) mass is 276 g/mol. The Morgan fingerprint density at radius 2 is 2.20 bits per heavy atom. The lowest BCUT2D eigenvalue weighted by atomic mass is 10.1. The first kappa shape index (κ1) is 12.8. The second-order valence-electron chi connectivity index (χ2n) is 4.59. The molecule has 1 aromatic heterocycles. The van der Waals surface area contributed by atoms with Crippen LogP contribution in [0.4, 0.5) is 5.82 Å². The highest BCUT2D eigenvalue weighted by Crippen LogP contribution is 2.34. The molecule has 20 heavy (non-hydrogen) atoms. The molecule has 0 radical (unpaired) electrons. The van der Waals surface area contributed by atoms with E-state index in [1.807, 2.05) is 18.2 Å². The molecule has 1 aromatic carbocycles. The summed E-state index contributed by atoms with van der Waals surface area (Å²) >= 11 is 0. The minimum absolute atomic E-state index is 0.0793. The molecule has 0 aliphatic carbocycles. The number of rotatable bonds is 4. The Kier molecular flexibility index (Phi) is 3.47. The summed E-state index contributed by atoms with van der Waals surface area (Å²) in [5, 5.41) is 3.67. The van der Waals surface area contributed by atoms with Crippen LogP contribution in [0.1, 0.15) is 6.42 Å². The highest BCUT2D eigenvalue weighted by Gasteiger charge is 2.19. The Bertz CT molecular complexity index is 591. The minimum Gasteiger partial charge on any atom is -0.493 e. The SMILES string of the molecule is COc1cc(-c2cc(N)no2)ccc1OC1CCOC1. The first-order valence-corrected chi connectivity index (χ1v) is 6.41. The summed E-state index contributed by atoms with van der Waals surface area (Å²) in [6, 6.07) is 7.24. The number of hydrogen-bond donors (Lipinski definition) is 1. The van der Waals surface area contributed by atoms with Gasteiger partial charge in [0, 0.05) is 18.1 Å². The number of hydrogen-bond acceptors (Lipinski definition) is 6. The third-order valence-electron chi connectivity index (χ3n) is 3.16. The van der Waals surface area contributed by atoms with E-state index in [1.165, 1.54) is 0 Å². The number of ether oxygens (including phenoxy) is 3. The van der Waals surface area contributed by atoms with Gasteiger partial charge >= 0.3 is 0 Å². The van der Waals surface area contributed by atoms with Crippen LogP contribution < -0.4 is 15.2 Å². The van der Waals surface area contributed by atoms with E-state index in [0.717, 1.165) is 18.6 Å². The number of nitrogens with two attached hydrogens (primary N) is 1. The van der Waals surface area contributed by atoms with Crippen molar-refractivity contribution in [3.8, 4) is 22.8 Å². The van der Waals surface area contributed by atoms with Gasteiger partial charge in [0.1, 0.15) is 6.10 Å². The van der Waals surface area contributed by atoms with Gasteiger partial charge in [-0.05, 0) is 18.2 Å². The van der Waals surface area contributed by atoms with Gasteiger partial charge in [-0.25, -0.2) is 0 Å². The zero-order valence-electron chi connectivity index (χ0n) is 11.2. The zero-order chi connectivity index (χ0) is 13.9. The van der Waals surface area contributed by atoms with Gasteiger partial charge in [-0.3, -0.25) is 0 Å². The van der Waals surface area contributed by atoms with Crippen LogP contribution in [0.5, 0.6) is 11.5 Å². The Labute approximate surface area is 116 Å². The molecule has 1 aliphatic heterocycles. The molecule has 6 nitrogen and oxygen atoms in total. The van der Waals surface area contributed by atoms with Crippen molar-refractivity contribution in [1.29, 1.82) is 0 Å². The van der Waals surface area contributed by atoms with E-state index in [0.29, 0.717) is 29.7 Å². The second kappa shape index (κ2) is 5.42. The number of aromatic nitrogens is 1. The molecule has 6 heteroatoms. The van der Waals surface area contributed by atoms with Gasteiger partial charge < -0.3 is 24.5 Å². The fourth-order valence-corrected chi connectivity index (χ4v) is 2.13. The van der Waals surface area contributed by atoms with Crippen molar-refractivity contribution in [2.45, 2.75) is 12.5 Å². The first-order valence-electron chi connectivity index (χ1n) is 6.41. The van der Waals surface area contributed by atoms with E-state index in [1.54, 1.807) is 13.2 Å². The lowest BCUT2D eigenvalue weighted by molar-refractivity contribution is 0.138. The molecule has 0 bridgehead atoms. The van der Waals surface area contributed by atoms with E-state index in [-0.39, 0.29) is 6.10 Å². The van der Waals surface area contributed by atoms with Crippen molar-refractivity contribution in [3.63, 3.8) is 0 Å². The fourth-order valence-electron chi connectivity index (χ4n) is 2.13. The van der Waals surface area contributed by atoms with E-state index in [2.05, 4.69) is 5.16 Å². The van der Waals surface area contributed by atoms with Crippen LogP contribution in [0.15, 0.2) is 28.8 Å². The third-order valence-corrected chi connectivity index (χ3v) is 3.16. The molecule has 1 atom stereocenters. The van der Waals surface area contributed by atoms with E-state index in [9.17, 15) is 0 Å². The van der Waals surface area contributed by atoms with Crippen LogP contribution in [-0.4, -0.2) is 31.6 Å². The van der Waals surface area contributed by atoms with E-state index >= 15 is 0 Å². The summed E-state index contributed by atoms with van der Waals surface area (Å²) < 4.78 is 21.7. The Morgan fingerprint density at radius 3 is 2.85 bits per heavy atom. The molecule has 1 saturated heterocycles. The summed E-state index contributed by atoms with van der Waals surface area (Å²) in [6.07, 6.45) is 0.972. The molecule has 1 fully saturated rings. The van der Waals surface area contributed by atoms with Gasteiger partial charge in [-0.15, -0.1) is 0 Å². The van der Waals surface area contributed by atoms with Gasteiger partial charge in [0.05, 0.1) is 20.3 Å². The van der Waals surface area contributed by atoms with Crippen LogP contribution in [0, 0.1) is 0 Å². The molecule has 3 rings (SSSR count). The Hall–Kier alpha value is -2.21. The summed E-state index contributed by atoms with van der Waals surface area (Å²) in [4.78, 5) is 0. The Morgan fingerprint density at radius 1 is 1.30 bits per heavy atom. The van der Waals surface area contributed by atoms with Crippen molar-refractivity contribution in [2.75, 3.05) is 26.1 Å². The number of nitrogens with zero attached hydrogens (tertiary/aromatic N) is 1. The lowest BCUT2D eigenvalue weighted by Gasteiger charge is -2.15. The first-order chi connectivity index (χ1) is 9.76. The predicted molar refractivity (Wildman–Crippen MR) is 72.8 cm³/mol. The average molecular weight is 276 g/mol. The number of benzene rings is 1. The molecule has 0 spiro atoms. The molecule has 0 saturated carbocycles. The molecule has 1 unspecified atom stereocenters. The number of nitrogen functional groups attached to an aromatic ring is 1. The molecule has 2 heterocycles. The zero-order valence-corrected chi connectivity index (χ0v) is 11.2. The maximum absolute atomic E-state index is 5.87. The molecule has 2 N–H and O–H groups in total. The molecule has 0 amide bonds. The highest BCUT2D eigenvalue weighted by atomic mass is 16.6. The van der Waals surface area contributed by atoms with Crippen molar-refractivity contribution < 1.29 is 18.7 Å². The summed E-state index contributed by atoms with van der Waals surface area (Å²) in [6.45, 7) is 1.35. The number of methoxy groups -OCH3 is 1. The second-order valence-corrected chi connectivity index (χ2v) is 4.59. The highest BCUT2D eigenvalue weighted by molar-refractivity contribution is 5.64. The smallest absolute Gasteiger partial charge is 0.169 e. The van der Waals surface area contributed by atoms with Gasteiger partial charge in [0.15, 0.2) is 23.1 Å². The third kappa shape index (κ3) is 2.55. The average Bonchev–Trinajstić information content (AvgIpc) is 3.11.